The maximum absolute atomic E-state index is 13.1. The molecule has 19 heteroatoms. The minimum Gasteiger partial charge on any atom is -0.462 e. The molecule has 17 nitrogen and oxygen atoms in total. The van der Waals surface area contributed by atoms with Gasteiger partial charge in [0.1, 0.15) is 19.3 Å². The van der Waals surface area contributed by atoms with Gasteiger partial charge in [0.25, 0.3) is 0 Å². The number of rotatable bonds is 69. The Labute approximate surface area is 581 Å². The lowest BCUT2D eigenvalue weighted by Gasteiger charge is -2.21. The van der Waals surface area contributed by atoms with Gasteiger partial charge in [-0.25, -0.2) is 9.13 Å². The first-order valence-electron chi connectivity index (χ1n) is 37.1. The fourth-order valence-electron chi connectivity index (χ4n) is 9.50. The van der Waals surface area contributed by atoms with Gasteiger partial charge in [-0.2, -0.15) is 0 Å². The van der Waals surface area contributed by atoms with Crippen molar-refractivity contribution in [3.8, 4) is 0 Å². The van der Waals surface area contributed by atoms with Crippen molar-refractivity contribution in [2.75, 3.05) is 39.6 Å². The standard InChI is InChI=1S/C77H132O17P2/c1-5-9-13-17-21-25-29-32-34-35-37-39-43-46-50-54-58-62-75(80)88-68-73(94-77(82)64-60-56-52-48-44-40-36-33-30-26-22-18-14-10-6-2)70-92-96(85,86)90-66-71(78)65-89-95(83,84)91-69-72(93-76(81)63-59-55-51-47-41-28-24-20-16-12-8-4)67-87-74(79)61-57-53-49-45-42-38-31-27-23-19-15-11-7-3/h9,13,15,19-21,24-25,27,31-34,36-37,39,46,50,71-73,78H,5-8,10-12,14,16-18,22-23,26,28-30,35,38,40-45,47-49,51-70H2,1-4H3,(H,83,84)(H,85,86)/b13-9-,19-15-,24-20-,25-21-,31-27-,34-32-,36-33-,39-37-,50-46-. The van der Waals surface area contributed by atoms with Crippen LogP contribution in [0.3, 0.4) is 0 Å². The van der Waals surface area contributed by atoms with Crippen LogP contribution in [0, 0.1) is 0 Å². The topological polar surface area (TPSA) is 237 Å². The average molecular weight is 1390 g/mol. The van der Waals surface area contributed by atoms with Crippen molar-refractivity contribution < 1.29 is 80.2 Å². The number of esters is 4. The predicted molar refractivity (Wildman–Crippen MR) is 390 cm³/mol. The molecule has 0 amide bonds. The molecule has 5 unspecified atom stereocenters. The Morgan fingerprint density at radius 2 is 0.583 bits per heavy atom. The maximum atomic E-state index is 13.1. The van der Waals surface area contributed by atoms with Gasteiger partial charge in [-0.15, -0.1) is 0 Å². The number of allylic oxidation sites excluding steroid dienone is 18. The summed E-state index contributed by atoms with van der Waals surface area (Å²) in [6.45, 7) is 4.55. The van der Waals surface area contributed by atoms with Crippen molar-refractivity contribution in [1.29, 1.82) is 0 Å². The zero-order valence-electron chi connectivity index (χ0n) is 60.0. The molecule has 0 bridgehead atoms. The molecule has 0 heterocycles. The molecule has 0 rings (SSSR count). The van der Waals surface area contributed by atoms with Gasteiger partial charge in [-0.05, 0) is 135 Å². The second kappa shape index (κ2) is 69.2. The second-order valence-corrected chi connectivity index (χ2v) is 27.4. The molecule has 0 aromatic heterocycles. The van der Waals surface area contributed by atoms with Crippen LogP contribution in [-0.4, -0.2) is 96.7 Å². The SMILES string of the molecule is CC/C=C\C/C=C\C/C=C\C/C=C\C/C=C\CCCC(=O)OCC(COP(=O)(O)OCC(O)COP(=O)(O)OCC(COC(=O)CCCCCCC/C=C\C/C=C\CCC)OC(=O)CCCCCCC/C=C\CCCC)OC(=O)CCCCCCC/C=C\CCCCCCCC. The highest BCUT2D eigenvalue weighted by Crippen LogP contribution is 2.45. The molecular formula is C77H132O17P2. The van der Waals surface area contributed by atoms with E-state index in [2.05, 4.69) is 125 Å². The Morgan fingerprint density at radius 1 is 0.302 bits per heavy atom. The molecule has 0 saturated carbocycles. The molecule has 0 aliphatic carbocycles. The first-order chi connectivity index (χ1) is 46.7. The Balaban J connectivity index is 5.39. The summed E-state index contributed by atoms with van der Waals surface area (Å²) >= 11 is 0. The van der Waals surface area contributed by atoms with Crippen molar-refractivity contribution >= 4 is 39.5 Å². The Kier molecular flexibility index (Phi) is 66.1. The van der Waals surface area contributed by atoms with Crippen molar-refractivity contribution in [3.63, 3.8) is 0 Å². The van der Waals surface area contributed by atoms with Crippen molar-refractivity contribution in [1.82, 2.24) is 0 Å². The van der Waals surface area contributed by atoms with Crippen LogP contribution in [0.25, 0.3) is 0 Å². The Bertz CT molecular complexity index is 2250. The molecular weight excluding hydrogens is 1260 g/mol. The van der Waals surface area contributed by atoms with Crippen LogP contribution in [-0.2, 0) is 65.4 Å². The van der Waals surface area contributed by atoms with Crippen LogP contribution in [0.2, 0.25) is 0 Å². The number of aliphatic hydroxyl groups excluding tert-OH is 1. The molecule has 0 aromatic rings. The fraction of sp³-hybridized carbons (Fsp3) is 0.714. The highest BCUT2D eigenvalue weighted by molar-refractivity contribution is 7.47. The van der Waals surface area contributed by atoms with Gasteiger partial charge >= 0.3 is 39.5 Å². The van der Waals surface area contributed by atoms with Gasteiger partial charge < -0.3 is 33.8 Å². The molecule has 552 valence electrons. The van der Waals surface area contributed by atoms with Gasteiger partial charge in [0, 0.05) is 25.7 Å². The van der Waals surface area contributed by atoms with E-state index in [1.807, 2.05) is 12.2 Å². The monoisotopic (exact) mass is 1390 g/mol. The number of aliphatic hydroxyl groups is 1. The lowest BCUT2D eigenvalue weighted by molar-refractivity contribution is -0.161. The third-order valence-electron chi connectivity index (χ3n) is 15.2. The van der Waals surface area contributed by atoms with E-state index in [0.717, 1.165) is 161 Å². The quantitative estimate of drug-likeness (QED) is 0.0169. The van der Waals surface area contributed by atoms with Crippen LogP contribution >= 0.6 is 15.6 Å². The van der Waals surface area contributed by atoms with Crippen molar-refractivity contribution in [2.45, 2.75) is 316 Å². The van der Waals surface area contributed by atoms with Crippen LogP contribution in [0.4, 0.5) is 0 Å². The average Bonchev–Trinajstić information content (AvgIpc) is 2.18. The predicted octanol–water partition coefficient (Wildman–Crippen LogP) is 21.0. The van der Waals surface area contributed by atoms with E-state index in [4.69, 9.17) is 37.0 Å². The van der Waals surface area contributed by atoms with Gasteiger partial charge in [0.15, 0.2) is 12.2 Å². The van der Waals surface area contributed by atoms with Crippen LogP contribution < -0.4 is 0 Å². The highest BCUT2D eigenvalue weighted by Gasteiger charge is 2.30. The molecule has 0 radical (unpaired) electrons. The summed E-state index contributed by atoms with van der Waals surface area (Å²) in [6, 6.07) is 0. The molecule has 0 aliphatic rings. The van der Waals surface area contributed by atoms with Gasteiger partial charge in [-0.1, -0.05) is 246 Å². The van der Waals surface area contributed by atoms with Gasteiger partial charge in [-0.3, -0.25) is 37.3 Å². The van der Waals surface area contributed by atoms with Crippen molar-refractivity contribution in [3.05, 3.63) is 109 Å². The van der Waals surface area contributed by atoms with Crippen LogP contribution in [0.5, 0.6) is 0 Å². The molecule has 0 spiro atoms. The lowest BCUT2D eigenvalue weighted by Crippen LogP contribution is -2.30. The van der Waals surface area contributed by atoms with Crippen molar-refractivity contribution in [2.24, 2.45) is 0 Å². The van der Waals surface area contributed by atoms with E-state index < -0.39 is 97.5 Å². The number of hydrogen-bond acceptors (Lipinski definition) is 15. The summed E-state index contributed by atoms with van der Waals surface area (Å²) in [7, 11) is -9.96. The third-order valence-corrected chi connectivity index (χ3v) is 17.1. The zero-order valence-corrected chi connectivity index (χ0v) is 61.8. The minimum absolute atomic E-state index is 0.0716. The second-order valence-electron chi connectivity index (χ2n) is 24.5. The first-order valence-corrected chi connectivity index (χ1v) is 40.1. The molecule has 3 N–H and O–H groups in total. The number of phosphoric ester groups is 2. The third kappa shape index (κ3) is 68.3. The summed E-state index contributed by atoms with van der Waals surface area (Å²) in [4.78, 5) is 72.7. The van der Waals surface area contributed by atoms with Crippen LogP contribution in [0.15, 0.2) is 109 Å². The Hall–Kier alpha value is -4.28. The van der Waals surface area contributed by atoms with Gasteiger partial charge in [0.05, 0.1) is 26.4 Å². The van der Waals surface area contributed by atoms with E-state index in [1.165, 1.54) is 51.4 Å². The summed E-state index contributed by atoms with van der Waals surface area (Å²) in [5, 5.41) is 10.6. The molecule has 0 aromatic carbocycles. The number of hydrogen-bond donors (Lipinski definition) is 3. The molecule has 96 heavy (non-hydrogen) atoms. The number of carbonyl (C=O) groups excluding carboxylic acids is 4. The normalized spacial score (nSPS) is 14.6. The summed E-state index contributed by atoms with van der Waals surface area (Å²) in [6.07, 6.45) is 72.4. The fourth-order valence-corrected chi connectivity index (χ4v) is 11.1. The molecule has 0 aliphatic heterocycles. The summed E-state index contributed by atoms with van der Waals surface area (Å²) in [5.74, 6) is -2.27. The van der Waals surface area contributed by atoms with E-state index >= 15 is 0 Å². The number of carbonyl (C=O) groups is 4. The summed E-state index contributed by atoms with van der Waals surface area (Å²) in [5.41, 5.74) is 0. The molecule has 5 atom stereocenters. The number of unbranched alkanes of at least 4 members (excludes halogenated alkanes) is 25. The lowest BCUT2D eigenvalue weighted by atomic mass is 10.1. The molecule has 0 fully saturated rings. The van der Waals surface area contributed by atoms with Gasteiger partial charge in [0.2, 0.25) is 0 Å². The Morgan fingerprint density at radius 3 is 0.958 bits per heavy atom. The minimum atomic E-state index is -4.99. The van der Waals surface area contributed by atoms with E-state index in [0.29, 0.717) is 32.1 Å². The van der Waals surface area contributed by atoms with E-state index in [1.54, 1.807) is 0 Å². The van der Waals surface area contributed by atoms with E-state index in [9.17, 15) is 43.2 Å². The zero-order chi connectivity index (χ0) is 70.4. The maximum Gasteiger partial charge on any atom is 0.472 e. The highest BCUT2D eigenvalue weighted by atomic mass is 31.2. The number of phosphoric acid groups is 2. The van der Waals surface area contributed by atoms with E-state index in [-0.39, 0.29) is 25.7 Å². The molecule has 0 saturated heterocycles. The smallest absolute Gasteiger partial charge is 0.462 e. The largest absolute Gasteiger partial charge is 0.472 e. The number of ether oxygens (including phenoxy) is 4. The first kappa shape index (κ1) is 91.7. The van der Waals surface area contributed by atoms with Crippen LogP contribution in [0.1, 0.15) is 297 Å². The summed E-state index contributed by atoms with van der Waals surface area (Å²) < 4.78 is 68.3.